The molecule has 0 saturated carbocycles. The summed E-state index contributed by atoms with van der Waals surface area (Å²) in [5, 5.41) is 0. The summed E-state index contributed by atoms with van der Waals surface area (Å²) in [6.07, 6.45) is 0.673. The number of carbonyl (C=O) groups is 2. The molecule has 2 aromatic rings. The van der Waals surface area contributed by atoms with Crippen molar-refractivity contribution in [2.24, 2.45) is 0 Å². The first-order chi connectivity index (χ1) is 10.7. The van der Waals surface area contributed by atoms with Crippen LogP contribution in [0.1, 0.15) is 27.8 Å². The Hall–Kier alpha value is -2.40. The Morgan fingerprint density at radius 3 is 2.59 bits per heavy atom. The molecule has 22 heavy (non-hydrogen) atoms. The number of ether oxygens (including phenoxy) is 1. The molecule has 1 saturated heterocycles. The van der Waals surface area contributed by atoms with Crippen LogP contribution in [0.4, 0.5) is 5.69 Å². The molecule has 0 aliphatic carbocycles. The number of benzene rings is 1. The van der Waals surface area contributed by atoms with Gasteiger partial charge in [0.15, 0.2) is 17.8 Å². The average molecular weight is 299 g/mol. The van der Waals surface area contributed by atoms with Crippen LogP contribution >= 0.6 is 0 Å². The molecule has 3 rings (SSSR count). The number of hydrogen-bond donors (Lipinski definition) is 0. The van der Waals surface area contributed by atoms with Crippen LogP contribution in [0.5, 0.6) is 0 Å². The molecule has 1 aliphatic rings. The number of Topliss-reactive ketones (excluding diaryl/α,β-unsaturated/α-hetero) is 1. The predicted octanol–water partition coefficient (Wildman–Crippen LogP) is 2.80. The molecule has 0 N–H and O–H groups in total. The normalized spacial score (nSPS) is 14.9. The maximum atomic E-state index is 11.7. The van der Waals surface area contributed by atoms with E-state index in [1.807, 2.05) is 18.2 Å². The van der Waals surface area contributed by atoms with Crippen LogP contribution in [0.25, 0.3) is 11.3 Å². The molecule has 1 aromatic carbocycles. The molecular weight excluding hydrogens is 282 g/mol. The zero-order valence-electron chi connectivity index (χ0n) is 12.4. The van der Waals surface area contributed by atoms with Gasteiger partial charge >= 0.3 is 0 Å². The second-order valence-electron chi connectivity index (χ2n) is 5.21. The molecule has 5 heteroatoms. The number of furan rings is 1. The Morgan fingerprint density at radius 1 is 1.18 bits per heavy atom. The van der Waals surface area contributed by atoms with E-state index in [2.05, 4.69) is 4.90 Å². The van der Waals surface area contributed by atoms with Crippen molar-refractivity contribution in [2.75, 3.05) is 31.2 Å². The summed E-state index contributed by atoms with van der Waals surface area (Å²) >= 11 is 0. The Labute approximate surface area is 128 Å². The molecule has 1 aliphatic heterocycles. The van der Waals surface area contributed by atoms with Crippen molar-refractivity contribution in [3.8, 4) is 11.3 Å². The highest BCUT2D eigenvalue weighted by Crippen LogP contribution is 2.33. The van der Waals surface area contributed by atoms with E-state index in [4.69, 9.17) is 9.15 Å². The van der Waals surface area contributed by atoms with Crippen LogP contribution in [0.2, 0.25) is 0 Å². The van der Waals surface area contributed by atoms with Crippen molar-refractivity contribution in [2.45, 2.75) is 6.92 Å². The highest BCUT2D eigenvalue weighted by Gasteiger charge is 2.19. The van der Waals surface area contributed by atoms with Crippen molar-refractivity contribution in [1.82, 2.24) is 0 Å². The summed E-state index contributed by atoms with van der Waals surface area (Å²) < 4.78 is 10.9. The largest absolute Gasteiger partial charge is 0.453 e. The number of hydrogen-bond acceptors (Lipinski definition) is 5. The van der Waals surface area contributed by atoms with Crippen LogP contribution in [0.3, 0.4) is 0 Å². The third-order valence-corrected chi connectivity index (χ3v) is 3.76. The van der Waals surface area contributed by atoms with E-state index < -0.39 is 0 Å². The lowest BCUT2D eigenvalue weighted by molar-refractivity contribution is 0.101. The van der Waals surface area contributed by atoms with E-state index in [0.29, 0.717) is 30.8 Å². The molecular formula is C17H17NO4. The summed E-state index contributed by atoms with van der Waals surface area (Å²) in [5.41, 5.74) is 2.43. The van der Waals surface area contributed by atoms with Gasteiger partial charge in [-0.15, -0.1) is 0 Å². The highest BCUT2D eigenvalue weighted by molar-refractivity contribution is 5.96. The number of ketones is 1. The third-order valence-electron chi connectivity index (χ3n) is 3.76. The zero-order chi connectivity index (χ0) is 15.5. The lowest BCUT2D eigenvalue weighted by Gasteiger charge is -2.30. The van der Waals surface area contributed by atoms with Crippen molar-refractivity contribution in [3.05, 3.63) is 41.7 Å². The molecule has 5 nitrogen and oxygen atoms in total. The third kappa shape index (κ3) is 2.80. The highest BCUT2D eigenvalue weighted by atomic mass is 16.5. The zero-order valence-corrected chi connectivity index (χ0v) is 12.4. The summed E-state index contributed by atoms with van der Waals surface area (Å²) in [6, 6.07) is 8.96. The fourth-order valence-corrected chi connectivity index (χ4v) is 2.59. The first-order valence-corrected chi connectivity index (χ1v) is 7.22. The van der Waals surface area contributed by atoms with Gasteiger partial charge in [0, 0.05) is 29.9 Å². The lowest BCUT2D eigenvalue weighted by atomic mass is 10.0. The lowest BCUT2D eigenvalue weighted by Crippen LogP contribution is -2.36. The standard InChI is InChI=1S/C17H17NO4/c1-12(20)13-2-4-16(18-6-8-21-9-7-18)15(10-13)17-5-3-14(11-19)22-17/h2-5,10-11H,6-9H2,1H3. The molecule has 0 atom stereocenters. The van der Waals surface area contributed by atoms with Gasteiger partial charge in [-0.3, -0.25) is 9.59 Å². The smallest absolute Gasteiger partial charge is 0.185 e. The van der Waals surface area contributed by atoms with Gasteiger partial charge in [-0.1, -0.05) is 0 Å². The quantitative estimate of drug-likeness (QED) is 0.642. The van der Waals surface area contributed by atoms with Crippen molar-refractivity contribution < 1.29 is 18.7 Å². The van der Waals surface area contributed by atoms with Gasteiger partial charge in [-0.2, -0.15) is 0 Å². The molecule has 1 fully saturated rings. The molecule has 0 amide bonds. The number of rotatable bonds is 4. The van der Waals surface area contributed by atoms with Crippen LogP contribution in [-0.4, -0.2) is 38.4 Å². The van der Waals surface area contributed by atoms with Crippen molar-refractivity contribution >= 4 is 17.8 Å². The van der Waals surface area contributed by atoms with Gasteiger partial charge in [-0.05, 0) is 37.3 Å². The van der Waals surface area contributed by atoms with Crippen LogP contribution in [0, 0.1) is 0 Å². The maximum Gasteiger partial charge on any atom is 0.185 e. The Balaban J connectivity index is 2.07. The van der Waals surface area contributed by atoms with Gasteiger partial charge in [0.05, 0.1) is 13.2 Å². The molecule has 114 valence electrons. The van der Waals surface area contributed by atoms with Gasteiger partial charge in [0.25, 0.3) is 0 Å². The van der Waals surface area contributed by atoms with Gasteiger partial charge in [0.2, 0.25) is 0 Å². The van der Waals surface area contributed by atoms with E-state index >= 15 is 0 Å². The number of aldehydes is 1. The number of anilines is 1. The topological polar surface area (TPSA) is 59.8 Å². The minimum atomic E-state index is -0.00283. The maximum absolute atomic E-state index is 11.7. The van der Waals surface area contributed by atoms with Gasteiger partial charge in [0.1, 0.15) is 5.76 Å². The second kappa shape index (κ2) is 6.15. The van der Waals surface area contributed by atoms with Crippen LogP contribution in [-0.2, 0) is 4.74 Å². The molecule has 0 unspecified atom stereocenters. The Kier molecular flexibility index (Phi) is 4.06. The number of carbonyl (C=O) groups excluding carboxylic acids is 2. The van der Waals surface area contributed by atoms with E-state index in [1.54, 1.807) is 12.1 Å². The molecule has 0 spiro atoms. The van der Waals surface area contributed by atoms with E-state index in [1.165, 1.54) is 6.92 Å². The molecule has 0 bridgehead atoms. The first-order valence-electron chi connectivity index (χ1n) is 7.22. The summed E-state index contributed by atoms with van der Waals surface area (Å²) in [7, 11) is 0. The summed E-state index contributed by atoms with van der Waals surface area (Å²) in [5.74, 6) is 0.861. The number of nitrogens with zero attached hydrogens (tertiary/aromatic N) is 1. The summed E-state index contributed by atoms with van der Waals surface area (Å²) in [4.78, 5) is 24.7. The first kappa shape index (κ1) is 14.5. The average Bonchev–Trinajstić information content (AvgIpc) is 3.04. The summed E-state index contributed by atoms with van der Waals surface area (Å²) in [6.45, 7) is 4.45. The van der Waals surface area contributed by atoms with Crippen LogP contribution in [0.15, 0.2) is 34.7 Å². The fourth-order valence-electron chi connectivity index (χ4n) is 2.59. The van der Waals surface area contributed by atoms with E-state index in [0.717, 1.165) is 24.3 Å². The predicted molar refractivity (Wildman–Crippen MR) is 82.6 cm³/mol. The van der Waals surface area contributed by atoms with Crippen molar-refractivity contribution in [1.29, 1.82) is 0 Å². The van der Waals surface area contributed by atoms with Gasteiger partial charge < -0.3 is 14.1 Å². The fraction of sp³-hybridized carbons (Fsp3) is 0.294. The van der Waals surface area contributed by atoms with E-state index in [9.17, 15) is 9.59 Å². The second-order valence-corrected chi connectivity index (χ2v) is 5.21. The van der Waals surface area contributed by atoms with Crippen LogP contribution < -0.4 is 4.90 Å². The molecule has 0 radical (unpaired) electrons. The Bertz CT molecular complexity index is 698. The van der Waals surface area contributed by atoms with Crippen molar-refractivity contribution in [3.63, 3.8) is 0 Å². The minimum absolute atomic E-state index is 0.00283. The minimum Gasteiger partial charge on any atom is -0.453 e. The Morgan fingerprint density at radius 2 is 1.95 bits per heavy atom. The van der Waals surface area contributed by atoms with E-state index in [-0.39, 0.29) is 11.5 Å². The number of morpholine rings is 1. The molecule has 2 heterocycles. The van der Waals surface area contributed by atoms with Gasteiger partial charge in [-0.25, -0.2) is 0 Å². The SMILES string of the molecule is CC(=O)c1ccc(N2CCOCC2)c(-c2ccc(C=O)o2)c1. The molecule has 1 aromatic heterocycles. The monoisotopic (exact) mass is 299 g/mol.